The summed E-state index contributed by atoms with van der Waals surface area (Å²) in [6.45, 7) is 0.387. The molecular formula is C20H16FNO. The Morgan fingerprint density at radius 2 is 1.35 bits per heavy atom. The Bertz CT molecular complexity index is 787. The molecule has 3 aromatic carbocycles. The number of nitrogens with zero attached hydrogens (tertiary/aromatic N) is 1. The molecule has 23 heavy (non-hydrogen) atoms. The number of benzene rings is 3. The Morgan fingerprint density at radius 1 is 0.783 bits per heavy atom. The second-order valence-electron chi connectivity index (χ2n) is 5.19. The first-order valence-electron chi connectivity index (χ1n) is 7.41. The van der Waals surface area contributed by atoms with Crippen LogP contribution in [0.4, 0.5) is 10.1 Å². The van der Waals surface area contributed by atoms with Gasteiger partial charge in [0.1, 0.15) is 5.82 Å². The second kappa shape index (κ2) is 6.88. The molecule has 114 valence electrons. The smallest absolute Gasteiger partial charge is 0.261 e. The maximum atomic E-state index is 14.0. The summed E-state index contributed by atoms with van der Waals surface area (Å²) in [6.07, 6.45) is 0. The Balaban J connectivity index is 1.98. The number of halogens is 1. The van der Waals surface area contributed by atoms with Crippen LogP contribution in [0.2, 0.25) is 0 Å². The molecule has 0 radical (unpaired) electrons. The van der Waals surface area contributed by atoms with Crippen LogP contribution in [-0.4, -0.2) is 5.91 Å². The molecule has 0 heterocycles. The number of hydrogen-bond donors (Lipinski definition) is 0. The minimum atomic E-state index is -0.508. The summed E-state index contributed by atoms with van der Waals surface area (Å²) in [5, 5.41) is 0. The highest BCUT2D eigenvalue weighted by Crippen LogP contribution is 2.21. The first-order valence-corrected chi connectivity index (χ1v) is 7.41. The maximum Gasteiger partial charge on any atom is 0.261 e. The summed E-state index contributed by atoms with van der Waals surface area (Å²) in [5.74, 6) is -0.857. The van der Waals surface area contributed by atoms with Gasteiger partial charge in [0.2, 0.25) is 0 Å². The molecule has 3 heteroatoms. The van der Waals surface area contributed by atoms with Crippen molar-refractivity contribution < 1.29 is 9.18 Å². The van der Waals surface area contributed by atoms with Crippen LogP contribution in [0.25, 0.3) is 0 Å². The van der Waals surface area contributed by atoms with Gasteiger partial charge in [-0.3, -0.25) is 4.79 Å². The van der Waals surface area contributed by atoms with Gasteiger partial charge in [-0.1, -0.05) is 60.7 Å². The second-order valence-corrected chi connectivity index (χ2v) is 5.19. The molecule has 0 aliphatic carbocycles. The van der Waals surface area contributed by atoms with E-state index in [1.807, 2.05) is 60.7 Å². The number of rotatable bonds is 4. The Hall–Kier alpha value is -2.94. The van der Waals surface area contributed by atoms with Gasteiger partial charge in [-0.2, -0.15) is 0 Å². The normalized spacial score (nSPS) is 10.3. The lowest BCUT2D eigenvalue weighted by atomic mass is 10.1. The van der Waals surface area contributed by atoms with E-state index in [9.17, 15) is 9.18 Å². The average Bonchev–Trinajstić information content (AvgIpc) is 2.61. The number of carbonyl (C=O) groups excluding carboxylic acids is 1. The molecule has 0 saturated heterocycles. The predicted molar refractivity (Wildman–Crippen MR) is 89.8 cm³/mol. The summed E-state index contributed by atoms with van der Waals surface area (Å²) in [6, 6.07) is 25.0. The van der Waals surface area contributed by atoms with E-state index >= 15 is 0 Å². The maximum absolute atomic E-state index is 14.0. The molecule has 3 rings (SSSR count). The first-order chi connectivity index (χ1) is 11.3. The van der Waals surface area contributed by atoms with Gasteiger partial charge in [0.25, 0.3) is 5.91 Å². The van der Waals surface area contributed by atoms with E-state index in [4.69, 9.17) is 0 Å². The van der Waals surface area contributed by atoms with Crippen LogP contribution in [0.5, 0.6) is 0 Å². The highest BCUT2D eigenvalue weighted by molar-refractivity contribution is 6.06. The van der Waals surface area contributed by atoms with Crippen molar-refractivity contribution in [2.24, 2.45) is 0 Å². The van der Waals surface area contributed by atoms with Crippen molar-refractivity contribution in [1.29, 1.82) is 0 Å². The van der Waals surface area contributed by atoms with Gasteiger partial charge in [-0.05, 0) is 29.8 Å². The molecule has 0 unspecified atom stereocenters. The first kappa shape index (κ1) is 15.0. The molecule has 2 nitrogen and oxygen atoms in total. The topological polar surface area (TPSA) is 20.3 Å². The van der Waals surface area contributed by atoms with Crippen LogP contribution in [0.1, 0.15) is 15.9 Å². The predicted octanol–water partition coefficient (Wildman–Crippen LogP) is 4.67. The van der Waals surface area contributed by atoms with Crippen LogP contribution in [0.3, 0.4) is 0 Å². The monoisotopic (exact) mass is 305 g/mol. The summed E-state index contributed by atoms with van der Waals surface area (Å²) < 4.78 is 14.0. The molecule has 0 atom stereocenters. The van der Waals surface area contributed by atoms with E-state index in [1.54, 1.807) is 17.0 Å². The lowest BCUT2D eigenvalue weighted by molar-refractivity contribution is 0.0981. The zero-order valence-electron chi connectivity index (χ0n) is 12.5. The molecule has 0 aromatic heterocycles. The van der Waals surface area contributed by atoms with Crippen LogP contribution < -0.4 is 4.90 Å². The van der Waals surface area contributed by atoms with Gasteiger partial charge >= 0.3 is 0 Å². The van der Waals surface area contributed by atoms with E-state index in [-0.39, 0.29) is 11.5 Å². The van der Waals surface area contributed by atoms with E-state index in [0.29, 0.717) is 6.54 Å². The molecule has 3 aromatic rings. The highest BCUT2D eigenvalue weighted by atomic mass is 19.1. The number of amides is 1. The van der Waals surface area contributed by atoms with Gasteiger partial charge in [0, 0.05) is 5.69 Å². The van der Waals surface area contributed by atoms with Crippen LogP contribution in [-0.2, 0) is 6.54 Å². The van der Waals surface area contributed by atoms with Crippen LogP contribution in [0, 0.1) is 5.82 Å². The van der Waals surface area contributed by atoms with Gasteiger partial charge in [0.05, 0.1) is 12.1 Å². The van der Waals surface area contributed by atoms with Gasteiger partial charge < -0.3 is 4.90 Å². The average molecular weight is 305 g/mol. The summed E-state index contributed by atoms with van der Waals surface area (Å²) in [7, 11) is 0. The molecule has 0 aliphatic heterocycles. The largest absolute Gasteiger partial charge is 0.304 e. The molecule has 0 spiro atoms. The third-order valence-corrected chi connectivity index (χ3v) is 3.60. The Kier molecular flexibility index (Phi) is 4.48. The number of hydrogen-bond acceptors (Lipinski definition) is 1. The lowest BCUT2D eigenvalue weighted by Crippen LogP contribution is -2.31. The standard InChI is InChI=1S/C20H16FNO/c21-19-14-8-7-13-18(19)20(23)22(17-11-5-2-6-12-17)15-16-9-3-1-4-10-16/h1-14H,15H2. The van der Waals surface area contributed by atoms with E-state index in [0.717, 1.165) is 11.3 Å². The van der Waals surface area contributed by atoms with Gasteiger partial charge in [-0.15, -0.1) is 0 Å². The number of carbonyl (C=O) groups is 1. The SMILES string of the molecule is O=C(c1ccccc1F)N(Cc1ccccc1)c1ccccc1. The fourth-order valence-electron chi connectivity index (χ4n) is 2.43. The zero-order chi connectivity index (χ0) is 16.1. The van der Waals surface area contributed by atoms with E-state index in [1.165, 1.54) is 12.1 Å². The minimum absolute atomic E-state index is 0.0762. The van der Waals surface area contributed by atoms with Crippen molar-refractivity contribution >= 4 is 11.6 Å². The number of para-hydroxylation sites is 1. The fraction of sp³-hybridized carbons (Fsp3) is 0.0500. The lowest BCUT2D eigenvalue weighted by Gasteiger charge is -2.23. The van der Waals surface area contributed by atoms with Crippen molar-refractivity contribution in [2.45, 2.75) is 6.54 Å². The van der Waals surface area contributed by atoms with E-state index < -0.39 is 5.82 Å². The van der Waals surface area contributed by atoms with Crippen molar-refractivity contribution in [3.63, 3.8) is 0 Å². The molecule has 0 fully saturated rings. The van der Waals surface area contributed by atoms with Crippen molar-refractivity contribution in [3.8, 4) is 0 Å². The van der Waals surface area contributed by atoms with Crippen molar-refractivity contribution in [1.82, 2.24) is 0 Å². The highest BCUT2D eigenvalue weighted by Gasteiger charge is 2.20. The van der Waals surface area contributed by atoms with Gasteiger partial charge in [0.15, 0.2) is 0 Å². The summed E-state index contributed by atoms with van der Waals surface area (Å²) in [4.78, 5) is 14.4. The number of anilines is 1. The molecule has 0 N–H and O–H groups in total. The molecular weight excluding hydrogens is 289 g/mol. The Labute approximate surface area is 134 Å². The third-order valence-electron chi connectivity index (χ3n) is 3.60. The minimum Gasteiger partial charge on any atom is -0.304 e. The van der Waals surface area contributed by atoms with Crippen molar-refractivity contribution in [3.05, 3.63) is 102 Å². The van der Waals surface area contributed by atoms with Crippen LogP contribution in [0.15, 0.2) is 84.9 Å². The zero-order valence-corrected chi connectivity index (χ0v) is 12.5. The summed E-state index contributed by atoms with van der Waals surface area (Å²) >= 11 is 0. The van der Waals surface area contributed by atoms with Crippen LogP contribution >= 0.6 is 0 Å². The van der Waals surface area contributed by atoms with Crippen molar-refractivity contribution in [2.75, 3.05) is 4.90 Å². The fourth-order valence-corrected chi connectivity index (χ4v) is 2.43. The molecule has 1 amide bonds. The molecule has 0 aliphatic rings. The Morgan fingerprint density at radius 3 is 2.00 bits per heavy atom. The van der Waals surface area contributed by atoms with Gasteiger partial charge in [-0.25, -0.2) is 4.39 Å². The quantitative estimate of drug-likeness (QED) is 0.686. The molecule has 0 saturated carbocycles. The third kappa shape index (κ3) is 3.46. The van der Waals surface area contributed by atoms with E-state index in [2.05, 4.69) is 0 Å². The summed E-state index contributed by atoms with van der Waals surface area (Å²) in [5.41, 5.74) is 1.80. The molecule has 0 bridgehead atoms.